The van der Waals surface area contributed by atoms with E-state index >= 15 is 0 Å². The third-order valence-corrected chi connectivity index (χ3v) is 5.34. The lowest BCUT2D eigenvalue weighted by atomic mass is 9.82. The van der Waals surface area contributed by atoms with Crippen LogP contribution in [-0.2, 0) is 12.8 Å². The molecule has 2 N–H and O–H groups in total. The first kappa shape index (κ1) is 15.4. The van der Waals surface area contributed by atoms with E-state index < -0.39 is 0 Å². The van der Waals surface area contributed by atoms with Gasteiger partial charge in [0.15, 0.2) is 0 Å². The second kappa shape index (κ2) is 6.40. The first-order valence-corrected chi connectivity index (χ1v) is 8.84. The lowest BCUT2D eigenvalue weighted by Gasteiger charge is -2.33. The average molecular weight is 323 g/mol. The van der Waals surface area contributed by atoms with E-state index in [4.69, 9.17) is 5.73 Å². The highest BCUT2D eigenvalue weighted by Gasteiger charge is 2.23. The summed E-state index contributed by atoms with van der Waals surface area (Å²) in [5.74, 6) is 1.83. The number of aryl methyl sites for hydroxylation is 1. The number of rotatable bonds is 2. The van der Waals surface area contributed by atoms with E-state index in [0.29, 0.717) is 11.9 Å². The summed E-state index contributed by atoms with van der Waals surface area (Å²) in [5.41, 5.74) is 10.1. The zero-order valence-corrected chi connectivity index (χ0v) is 14.3. The van der Waals surface area contributed by atoms with Gasteiger partial charge in [-0.2, -0.15) is 4.98 Å². The molecule has 2 aliphatic rings. The first-order chi connectivity index (χ1) is 11.7. The molecule has 0 amide bonds. The SMILES string of the molecule is CN1CCN(c2cc(C3CCc4ccccc4C3)nc(N)n2)CC1. The molecular weight excluding hydrogens is 298 g/mol. The van der Waals surface area contributed by atoms with Crippen molar-refractivity contribution in [2.45, 2.75) is 25.2 Å². The predicted molar refractivity (Wildman–Crippen MR) is 97.4 cm³/mol. The highest BCUT2D eigenvalue weighted by molar-refractivity contribution is 5.45. The van der Waals surface area contributed by atoms with Gasteiger partial charge in [-0.25, -0.2) is 4.98 Å². The lowest BCUT2D eigenvalue weighted by Crippen LogP contribution is -2.45. The fraction of sp³-hybridized carbons (Fsp3) is 0.474. The number of hydrogen-bond donors (Lipinski definition) is 1. The minimum absolute atomic E-state index is 0.403. The molecule has 1 fully saturated rings. The maximum absolute atomic E-state index is 6.04. The largest absolute Gasteiger partial charge is 0.368 e. The fourth-order valence-electron chi connectivity index (χ4n) is 3.83. The Kier molecular flexibility index (Phi) is 4.10. The van der Waals surface area contributed by atoms with Crippen LogP contribution in [0, 0.1) is 0 Å². The number of nitrogens with zero attached hydrogens (tertiary/aromatic N) is 4. The van der Waals surface area contributed by atoms with Gasteiger partial charge in [-0.3, -0.25) is 0 Å². The number of hydrogen-bond acceptors (Lipinski definition) is 5. The Balaban J connectivity index is 1.58. The number of benzene rings is 1. The zero-order chi connectivity index (χ0) is 16.5. The van der Waals surface area contributed by atoms with Crippen LogP contribution < -0.4 is 10.6 Å². The molecule has 5 heteroatoms. The van der Waals surface area contributed by atoms with Gasteiger partial charge < -0.3 is 15.5 Å². The number of likely N-dealkylation sites (N-methyl/N-ethyl adjacent to an activating group) is 1. The summed E-state index contributed by atoms with van der Waals surface area (Å²) < 4.78 is 0. The predicted octanol–water partition coefficient (Wildman–Crippen LogP) is 2.08. The summed E-state index contributed by atoms with van der Waals surface area (Å²) >= 11 is 0. The van der Waals surface area contributed by atoms with Gasteiger partial charge in [0.2, 0.25) is 5.95 Å². The smallest absolute Gasteiger partial charge is 0.222 e. The normalized spacial score (nSPS) is 21.5. The summed E-state index contributed by atoms with van der Waals surface area (Å²) in [4.78, 5) is 13.7. The molecule has 2 aromatic rings. The van der Waals surface area contributed by atoms with Crippen LogP contribution >= 0.6 is 0 Å². The highest BCUT2D eigenvalue weighted by atomic mass is 15.3. The van der Waals surface area contributed by atoms with E-state index in [-0.39, 0.29) is 0 Å². The van der Waals surface area contributed by atoms with E-state index in [1.807, 2.05) is 0 Å². The zero-order valence-electron chi connectivity index (χ0n) is 14.3. The summed E-state index contributed by atoms with van der Waals surface area (Å²) in [7, 11) is 2.16. The minimum atomic E-state index is 0.403. The first-order valence-electron chi connectivity index (χ1n) is 8.84. The second-order valence-corrected chi connectivity index (χ2v) is 7.01. The number of piperazine rings is 1. The van der Waals surface area contributed by atoms with Crippen molar-refractivity contribution < 1.29 is 0 Å². The Hall–Kier alpha value is -2.14. The van der Waals surface area contributed by atoms with Crippen LogP contribution in [0.3, 0.4) is 0 Å². The maximum atomic E-state index is 6.04. The van der Waals surface area contributed by atoms with E-state index in [9.17, 15) is 0 Å². The Morgan fingerprint density at radius 1 is 1.04 bits per heavy atom. The van der Waals surface area contributed by atoms with Crippen LogP contribution in [-0.4, -0.2) is 48.1 Å². The molecule has 1 unspecified atom stereocenters. The van der Waals surface area contributed by atoms with Crippen LogP contribution in [0.2, 0.25) is 0 Å². The van der Waals surface area contributed by atoms with Gasteiger partial charge in [-0.15, -0.1) is 0 Å². The van der Waals surface area contributed by atoms with Crippen LogP contribution in [0.5, 0.6) is 0 Å². The third-order valence-electron chi connectivity index (χ3n) is 5.34. The summed E-state index contributed by atoms with van der Waals surface area (Å²) in [6.07, 6.45) is 3.30. The molecule has 1 aromatic heterocycles. The van der Waals surface area contributed by atoms with Crippen molar-refractivity contribution in [1.82, 2.24) is 14.9 Å². The molecule has 1 aliphatic carbocycles. The van der Waals surface area contributed by atoms with Gasteiger partial charge >= 0.3 is 0 Å². The maximum Gasteiger partial charge on any atom is 0.222 e. The number of nitrogen functional groups attached to an aromatic ring is 1. The summed E-state index contributed by atoms with van der Waals surface area (Å²) in [5, 5.41) is 0. The van der Waals surface area contributed by atoms with Crippen LogP contribution in [0.1, 0.15) is 29.2 Å². The Bertz CT molecular complexity index is 721. The van der Waals surface area contributed by atoms with Crippen molar-refractivity contribution in [1.29, 1.82) is 0 Å². The van der Waals surface area contributed by atoms with E-state index in [0.717, 1.165) is 57.0 Å². The molecule has 4 rings (SSSR count). The van der Waals surface area contributed by atoms with Gasteiger partial charge in [0.05, 0.1) is 5.69 Å². The van der Waals surface area contributed by atoms with Crippen LogP contribution in [0.4, 0.5) is 11.8 Å². The summed E-state index contributed by atoms with van der Waals surface area (Å²) in [6.45, 7) is 4.13. The van der Waals surface area contributed by atoms with E-state index in [1.165, 1.54) is 11.1 Å². The molecule has 1 aliphatic heterocycles. The molecule has 126 valence electrons. The fourth-order valence-corrected chi connectivity index (χ4v) is 3.83. The number of fused-ring (bicyclic) bond motifs is 1. The highest BCUT2D eigenvalue weighted by Crippen LogP contribution is 2.33. The van der Waals surface area contributed by atoms with Gasteiger partial charge in [-0.05, 0) is 37.4 Å². The third kappa shape index (κ3) is 3.08. The van der Waals surface area contributed by atoms with Crippen molar-refractivity contribution in [2.75, 3.05) is 43.9 Å². The van der Waals surface area contributed by atoms with Crippen molar-refractivity contribution >= 4 is 11.8 Å². The van der Waals surface area contributed by atoms with Gasteiger partial charge in [0, 0.05) is 38.2 Å². The molecule has 5 nitrogen and oxygen atoms in total. The van der Waals surface area contributed by atoms with Gasteiger partial charge in [0.25, 0.3) is 0 Å². The van der Waals surface area contributed by atoms with Crippen molar-refractivity contribution in [3.05, 3.63) is 47.2 Å². The van der Waals surface area contributed by atoms with Gasteiger partial charge in [0.1, 0.15) is 5.82 Å². The standard InChI is InChI=1S/C19H25N5/c1-23-8-10-24(11-9-23)18-13-17(21-19(20)22-18)16-7-6-14-4-2-3-5-15(14)12-16/h2-5,13,16H,6-12H2,1H3,(H2,20,21,22). The number of anilines is 2. The van der Waals surface area contributed by atoms with Gasteiger partial charge in [-0.1, -0.05) is 24.3 Å². The molecule has 24 heavy (non-hydrogen) atoms. The minimum Gasteiger partial charge on any atom is -0.368 e. The summed E-state index contributed by atoms with van der Waals surface area (Å²) in [6, 6.07) is 10.9. The Morgan fingerprint density at radius 2 is 1.79 bits per heavy atom. The average Bonchev–Trinajstić information content (AvgIpc) is 2.61. The second-order valence-electron chi connectivity index (χ2n) is 7.01. The molecule has 0 saturated carbocycles. The van der Waals surface area contributed by atoms with Crippen molar-refractivity contribution in [3.8, 4) is 0 Å². The molecular formula is C19H25N5. The molecule has 1 aromatic carbocycles. The lowest BCUT2D eigenvalue weighted by molar-refractivity contribution is 0.312. The van der Waals surface area contributed by atoms with Crippen LogP contribution in [0.15, 0.2) is 30.3 Å². The molecule has 0 spiro atoms. The van der Waals surface area contributed by atoms with Crippen molar-refractivity contribution in [2.24, 2.45) is 0 Å². The monoisotopic (exact) mass is 323 g/mol. The number of nitrogens with two attached hydrogens (primary N) is 1. The molecule has 1 atom stereocenters. The Labute approximate surface area is 143 Å². The molecule has 0 bridgehead atoms. The van der Waals surface area contributed by atoms with E-state index in [2.05, 4.69) is 57.1 Å². The quantitative estimate of drug-likeness (QED) is 0.917. The van der Waals surface area contributed by atoms with E-state index in [1.54, 1.807) is 0 Å². The molecule has 2 heterocycles. The van der Waals surface area contributed by atoms with Crippen LogP contribution in [0.25, 0.3) is 0 Å². The number of aromatic nitrogens is 2. The Morgan fingerprint density at radius 3 is 2.58 bits per heavy atom. The van der Waals surface area contributed by atoms with Crippen molar-refractivity contribution in [3.63, 3.8) is 0 Å². The molecule has 0 radical (unpaired) electrons. The molecule has 1 saturated heterocycles. The topological polar surface area (TPSA) is 58.3 Å².